The number of anilines is 1. The van der Waals surface area contributed by atoms with E-state index in [1.54, 1.807) is 0 Å². The fraction of sp³-hybridized carbons (Fsp3) is 0.720. The summed E-state index contributed by atoms with van der Waals surface area (Å²) >= 11 is 0. The summed E-state index contributed by atoms with van der Waals surface area (Å²) in [4.78, 5) is 23.3. The lowest BCUT2D eigenvalue weighted by molar-refractivity contribution is -0.143. The molecule has 34 heavy (non-hydrogen) atoms. The SMILES string of the molecule is Cc1cn2nc([C@@H]3CCCCN3C(=O)C3CNNC4CCCCC43)cc2nc1N1CC[C@H](N)C1. The monoisotopic (exact) mass is 466 g/mol. The maximum Gasteiger partial charge on any atom is 0.227 e. The van der Waals surface area contributed by atoms with Crippen molar-refractivity contribution in [3.05, 3.63) is 23.5 Å². The van der Waals surface area contributed by atoms with Crippen molar-refractivity contribution in [3.63, 3.8) is 0 Å². The third kappa shape index (κ3) is 3.97. The van der Waals surface area contributed by atoms with E-state index in [1.165, 1.54) is 12.8 Å². The molecule has 9 nitrogen and oxygen atoms in total. The molecule has 3 saturated heterocycles. The summed E-state index contributed by atoms with van der Waals surface area (Å²) in [6, 6.07) is 2.76. The molecule has 0 aromatic carbocycles. The maximum atomic E-state index is 13.9. The summed E-state index contributed by atoms with van der Waals surface area (Å²) in [6.45, 7) is 5.43. The Balaban J connectivity index is 1.27. The molecule has 5 atom stereocenters. The molecule has 1 saturated carbocycles. The molecule has 0 bridgehead atoms. The number of carbonyl (C=O) groups excluding carboxylic acids is 1. The van der Waals surface area contributed by atoms with Gasteiger partial charge >= 0.3 is 0 Å². The van der Waals surface area contributed by atoms with Gasteiger partial charge in [-0.25, -0.2) is 9.50 Å². The van der Waals surface area contributed by atoms with Gasteiger partial charge in [-0.15, -0.1) is 0 Å². The smallest absolute Gasteiger partial charge is 0.227 e. The average molecular weight is 467 g/mol. The Morgan fingerprint density at radius 1 is 1.12 bits per heavy atom. The molecular formula is C25H38N8O. The highest BCUT2D eigenvalue weighted by atomic mass is 16.2. The van der Waals surface area contributed by atoms with Crippen LogP contribution in [0.4, 0.5) is 5.82 Å². The molecule has 0 radical (unpaired) electrons. The number of nitrogens with one attached hydrogen (secondary N) is 2. The largest absolute Gasteiger partial charge is 0.355 e. The van der Waals surface area contributed by atoms with Crippen LogP contribution in [0, 0.1) is 18.8 Å². The van der Waals surface area contributed by atoms with Crippen LogP contribution in [-0.2, 0) is 4.79 Å². The van der Waals surface area contributed by atoms with E-state index in [0.29, 0.717) is 17.9 Å². The van der Waals surface area contributed by atoms with Gasteiger partial charge in [-0.05, 0) is 51.4 Å². The first kappa shape index (κ1) is 22.2. The first-order valence-corrected chi connectivity index (χ1v) is 13.2. The number of rotatable bonds is 3. The van der Waals surface area contributed by atoms with Gasteiger partial charge in [0.2, 0.25) is 5.91 Å². The Labute approximate surface area is 201 Å². The molecule has 3 unspecified atom stereocenters. The van der Waals surface area contributed by atoms with Gasteiger partial charge in [0.15, 0.2) is 5.65 Å². The quantitative estimate of drug-likeness (QED) is 0.635. The van der Waals surface area contributed by atoms with Crippen LogP contribution in [-0.4, -0.2) is 63.7 Å². The molecule has 2 aromatic heterocycles. The molecule has 184 valence electrons. The summed E-state index contributed by atoms with van der Waals surface area (Å²) in [5.74, 6) is 1.80. The predicted molar refractivity (Wildman–Crippen MR) is 131 cm³/mol. The zero-order valence-electron chi connectivity index (χ0n) is 20.2. The van der Waals surface area contributed by atoms with Crippen LogP contribution in [0.25, 0.3) is 5.65 Å². The number of carbonyl (C=O) groups is 1. The average Bonchev–Trinajstić information content (AvgIpc) is 3.48. The topological polar surface area (TPSA) is 104 Å². The fourth-order valence-corrected chi connectivity index (χ4v) is 6.74. The Morgan fingerprint density at radius 3 is 2.82 bits per heavy atom. The van der Waals surface area contributed by atoms with E-state index in [9.17, 15) is 4.79 Å². The van der Waals surface area contributed by atoms with Crippen molar-refractivity contribution in [2.75, 3.05) is 31.1 Å². The van der Waals surface area contributed by atoms with Crippen LogP contribution in [0.1, 0.15) is 68.7 Å². The van der Waals surface area contributed by atoms with Gasteiger partial charge in [-0.2, -0.15) is 5.10 Å². The van der Waals surface area contributed by atoms with Gasteiger partial charge in [0, 0.05) is 56.1 Å². The first-order valence-electron chi connectivity index (χ1n) is 13.2. The van der Waals surface area contributed by atoms with Crippen molar-refractivity contribution >= 4 is 17.4 Å². The van der Waals surface area contributed by atoms with Gasteiger partial charge in [0.1, 0.15) is 5.82 Å². The van der Waals surface area contributed by atoms with Gasteiger partial charge in [-0.3, -0.25) is 15.6 Å². The number of hydrogen-bond donors (Lipinski definition) is 3. The number of fused-ring (bicyclic) bond motifs is 2. The van der Waals surface area contributed by atoms with Gasteiger partial charge in [0.25, 0.3) is 0 Å². The maximum absolute atomic E-state index is 13.9. The third-order valence-electron chi connectivity index (χ3n) is 8.54. The van der Waals surface area contributed by atoms with E-state index in [-0.39, 0.29) is 18.0 Å². The third-order valence-corrected chi connectivity index (χ3v) is 8.54. The Morgan fingerprint density at radius 2 is 1.97 bits per heavy atom. The lowest BCUT2D eigenvalue weighted by Gasteiger charge is -2.45. The number of hydrogen-bond acceptors (Lipinski definition) is 7. The summed E-state index contributed by atoms with van der Waals surface area (Å²) in [5.41, 5.74) is 15.9. The van der Waals surface area contributed by atoms with Gasteiger partial charge in [-0.1, -0.05) is 12.8 Å². The van der Waals surface area contributed by atoms with Crippen molar-refractivity contribution < 1.29 is 4.79 Å². The highest BCUT2D eigenvalue weighted by Gasteiger charge is 2.42. The molecule has 9 heteroatoms. The molecule has 1 amide bonds. The lowest BCUT2D eigenvalue weighted by Crippen LogP contribution is -2.60. The fourth-order valence-electron chi connectivity index (χ4n) is 6.74. The number of nitrogens with two attached hydrogens (primary N) is 1. The molecule has 2 aromatic rings. The molecule has 0 spiro atoms. The Kier molecular flexibility index (Phi) is 5.95. The number of amides is 1. The number of piperidine rings is 1. The molecule has 4 fully saturated rings. The van der Waals surface area contributed by atoms with Crippen molar-refractivity contribution in [3.8, 4) is 0 Å². The van der Waals surface area contributed by atoms with Crippen LogP contribution in [0.2, 0.25) is 0 Å². The van der Waals surface area contributed by atoms with Crippen LogP contribution in [0.5, 0.6) is 0 Å². The van der Waals surface area contributed by atoms with E-state index in [1.807, 2.05) is 4.52 Å². The van der Waals surface area contributed by atoms with Crippen molar-refractivity contribution in [2.24, 2.45) is 17.6 Å². The van der Waals surface area contributed by atoms with E-state index < -0.39 is 0 Å². The summed E-state index contributed by atoms with van der Waals surface area (Å²) in [7, 11) is 0. The Hall–Kier alpha value is -2.23. The number of nitrogens with zero attached hydrogens (tertiary/aromatic N) is 5. The summed E-state index contributed by atoms with van der Waals surface area (Å²) < 4.78 is 1.89. The molecule has 4 aliphatic rings. The molecule has 1 aliphatic carbocycles. The number of hydrazine groups is 1. The first-order chi connectivity index (χ1) is 16.6. The molecule has 3 aliphatic heterocycles. The zero-order chi connectivity index (χ0) is 23.2. The van der Waals surface area contributed by atoms with Crippen molar-refractivity contribution in [1.29, 1.82) is 0 Å². The Bertz CT molecular complexity index is 1050. The minimum Gasteiger partial charge on any atom is -0.355 e. The lowest BCUT2D eigenvalue weighted by atomic mass is 9.74. The number of aryl methyl sites for hydroxylation is 1. The van der Waals surface area contributed by atoms with E-state index in [4.69, 9.17) is 15.8 Å². The predicted octanol–water partition coefficient (Wildman–Crippen LogP) is 1.91. The standard InChI is InChI=1S/C25H38N8O/c1-16-14-33-23(28-24(16)31-11-9-17(26)15-31)12-21(30-33)22-8-4-5-10-32(22)25(34)19-13-27-29-20-7-3-2-6-18(19)20/h12,14,17-20,22,27,29H,2-11,13,15,26H2,1H3/t17-,18?,19?,20?,22-/m0/s1. The van der Waals surface area contributed by atoms with E-state index in [0.717, 1.165) is 87.4 Å². The molecule has 4 N–H and O–H groups in total. The van der Waals surface area contributed by atoms with Crippen LogP contribution in [0.15, 0.2) is 12.3 Å². The molecule has 5 heterocycles. The normalized spacial score (nSPS) is 32.2. The highest BCUT2D eigenvalue weighted by molar-refractivity contribution is 5.80. The summed E-state index contributed by atoms with van der Waals surface area (Å²) in [6.07, 6.45) is 11.0. The van der Waals surface area contributed by atoms with Crippen molar-refractivity contribution in [1.82, 2.24) is 30.3 Å². The molecule has 6 rings (SSSR count). The highest BCUT2D eigenvalue weighted by Crippen LogP contribution is 2.37. The second kappa shape index (κ2) is 9.09. The number of likely N-dealkylation sites (tertiary alicyclic amines) is 1. The van der Waals surface area contributed by atoms with Gasteiger partial charge < -0.3 is 15.5 Å². The van der Waals surface area contributed by atoms with Crippen LogP contribution >= 0.6 is 0 Å². The summed E-state index contributed by atoms with van der Waals surface area (Å²) in [5, 5.41) is 4.93. The zero-order valence-corrected chi connectivity index (χ0v) is 20.2. The van der Waals surface area contributed by atoms with E-state index >= 15 is 0 Å². The second-order valence-corrected chi connectivity index (χ2v) is 10.8. The number of aromatic nitrogens is 3. The van der Waals surface area contributed by atoms with Crippen molar-refractivity contribution in [2.45, 2.75) is 76.4 Å². The second-order valence-electron chi connectivity index (χ2n) is 10.8. The van der Waals surface area contributed by atoms with Crippen LogP contribution in [0.3, 0.4) is 0 Å². The molecular weight excluding hydrogens is 428 g/mol. The van der Waals surface area contributed by atoms with Crippen LogP contribution < -0.4 is 21.5 Å². The van der Waals surface area contributed by atoms with E-state index in [2.05, 4.69) is 39.8 Å². The van der Waals surface area contributed by atoms with Gasteiger partial charge in [0.05, 0.1) is 17.7 Å². The minimum absolute atomic E-state index is 0.0313. The minimum atomic E-state index is 0.0313.